The summed E-state index contributed by atoms with van der Waals surface area (Å²) in [5.74, 6) is -0.612. The molecule has 0 aliphatic heterocycles. The summed E-state index contributed by atoms with van der Waals surface area (Å²) < 4.78 is 42.8. The lowest BCUT2D eigenvalue weighted by Gasteiger charge is -2.29. The monoisotopic (exact) mass is 345 g/mol. The maximum atomic E-state index is 12.7. The van der Waals surface area contributed by atoms with Crippen LogP contribution in [0.2, 0.25) is 5.02 Å². The van der Waals surface area contributed by atoms with Gasteiger partial charge in [-0.3, -0.25) is 4.79 Å². The van der Waals surface area contributed by atoms with Gasteiger partial charge in [-0.25, -0.2) is 0 Å². The van der Waals surface area contributed by atoms with Gasteiger partial charge in [-0.05, 0) is 37.6 Å². The Balaban J connectivity index is 0.00000400. The van der Waals surface area contributed by atoms with Crippen LogP contribution in [0.5, 0.6) is 0 Å². The van der Waals surface area contributed by atoms with Crippen LogP contribution < -0.4 is 5.73 Å². The molecular weight excluding hydrogens is 330 g/mol. The Morgan fingerprint density at radius 1 is 1.29 bits per heavy atom. The van der Waals surface area contributed by atoms with Crippen molar-refractivity contribution in [1.29, 1.82) is 0 Å². The lowest BCUT2D eigenvalue weighted by Crippen LogP contribution is -2.37. The van der Waals surface area contributed by atoms with Crippen LogP contribution in [0, 0.1) is 5.41 Å². The molecule has 1 rings (SSSR count). The van der Waals surface area contributed by atoms with Crippen LogP contribution in [0.25, 0.3) is 0 Å². The van der Waals surface area contributed by atoms with Gasteiger partial charge < -0.3 is 10.5 Å². The Morgan fingerprint density at radius 2 is 1.81 bits per heavy atom. The standard InChI is InChI=1S/C13H15ClF3NO2.ClH/c1-12(2,11(19)20-3)10(18)7-4-8(13(15,16)17)6-9(14)5-7;/h4-6,10H,18H2,1-3H3;1H/t10-;/m1./s1. The summed E-state index contributed by atoms with van der Waals surface area (Å²) in [6.07, 6.45) is -4.53. The highest BCUT2D eigenvalue weighted by atomic mass is 35.5. The van der Waals surface area contributed by atoms with Crippen molar-refractivity contribution in [2.75, 3.05) is 7.11 Å². The molecule has 1 atom stereocenters. The SMILES string of the molecule is COC(=O)C(C)(C)[C@H](N)c1cc(Cl)cc(C(F)(F)F)c1.Cl. The van der Waals surface area contributed by atoms with E-state index in [1.165, 1.54) is 27.0 Å². The van der Waals surface area contributed by atoms with Gasteiger partial charge in [-0.1, -0.05) is 11.6 Å². The highest BCUT2D eigenvalue weighted by Gasteiger charge is 2.38. The van der Waals surface area contributed by atoms with Gasteiger partial charge in [-0.2, -0.15) is 13.2 Å². The van der Waals surface area contributed by atoms with E-state index < -0.39 is 29.2 Å². The highest BCUT2D eigenvalue weighted by Crippen LogP contribution is 2.37. The first-order valence-electron chi connectivity index (χ1n) is 5.72. The van der Waals surface area contributed by atoms with Crippen molar-refractivity contribution >= 4 is 30.0 Å². The second-order valence-corrected chi connectivity index (χ2v) is 5.40. The molecule has 0 amide bonds. The minimum Gasteiger partial charge on any atom is -0.469 e. The number of ether oxygens (including phenoxy) is 1. The van der Waals surface area contributed by atoms with Gasteiger partial charge in [0, 0.05) is 11.1 Å². The summed E-state index contributed by atoms with van der Waals surface area (Å²) in [6.45, 7) is 3.00. The van der Waals surface area contributed by atoms with E-state index in [1.54, 1.807) is 0 Å². The molecular formula is C13H16Cl2F3NO2. The maximum absolute atomic E-state index is 12.7. The molecule has 21 heavy (non-hydrogen) atoms. The molecule has 0 saturated heterocycles. The van der Waals surface area contributed by atoms with Crippen LogP contribution in [0.15, 0.2) is 18.2 Å². The van der Waals surface area contributed by atoms with E-state index in [9.17, 15) is 18.0 Å². The quantitative estimate of drug-likeness (QED) is 0.843. The molecule has 8 heteroatoms. The summed E-state index contributed by atoms with van der Waals surface area (Å²) in [5.41, 5.74) is 3.94. The first kappa shape index (κ1) is 20.0. The van der Waals surface area contributed by atoms with E-state index in [4.69, 9.17) is 17.3 Å². The fourth-order valence-corrected chi connectivity index (χ4v) is 2.01. The minimum atomic E-state index is -4.53. The summed E-state index contributed by atoms with van der Waals surface area (Å²) in [6, 6.07) is 2.03. The van der Waals surface area contributed by atoms with E-state index in [0.717, 1.165) is 12.1 Å². The number of hydrogen-bond donors (Lipinski definition) is 1. The van der Waals surface area contributed by atoms with Gasteiger partial charge in [0.1, 0.15) is 0 Å². The highest BCUT2D eigenvalue weighted by molar-refractivity contribution is 6.30. The lowest BCUT2D eigenvalue weighted by molar-refractivity contribution is -0.152. The number of halogens is 5. The number of rotatable bonds is 3. The second-order valence-electron chi connectivity index (χ2n) is 4.96. The molecule has 1 aromatic rings. The third kappa shape index (κ3) is 4.49. The topological polar surface area (TPSA) is 52.3 Å². The van der Waals surface area contributed by atoms with E-state index in [1.807, 2.05) is 0 Å². The molecule has 120 valence electrons. The van der Waals surface area contributed by atoms with Crippen LogP contribution in [-0.4, -0.2) is 13.1 Å². The zero-order chi connectivity index (χ0) is 15.7. The average molecular weight is 346 g/mol. The molecule has 1 aromatic carbocycles. The van der Waals surface area contributed by atoms with Gasteiger partial charge in [0.25, 0.3) is 0 Å². The summed E-state index contributed by atoms with van der Waals surface area (Å²) in [7, 11) is 1.19. The van der Waals surface area contributed by atoms with Crippen molar-refractivity contribution in [2.45, 2.75) is 26.1 Å². The van der Waals surface area contributed by atoms with Crippen LogP contribution in [0.3, 0.4) is 0 Å². The number of alkyl halides is 3. The molecule has 2 N–H and O–H groups in total. The molecule has 0 radical (unpaired) electrons. The van der Waals surface area contributed by atoms with Crippen molar-refractivity contribution in [2.24, 2.45) is 11.1 Å². The molecule has 0 aromatic heterocycles. The summed E-state index contributed by atoms with van der Waals surface area (Å²) in [4.78, 5) is 11.7. The maximum Gasteiger partial charge on any atom is 0.416 e. The third-order valence-electron chi connectivity index (χ3n) is 3.10. The predicted octanol–water partition coefficient (Wildman–Crippen LogP) is 3.98. The van der Waals surface area contributed by atoms with Gasteiger partial charge in [0.2, 0.25) is 0 Å². The van der Waals surface area contributed by atoms with Crippen LogP contribution in [0.4, 0.5) is 13.2 Å². The molecule has 0 fully saturated rings. The van der Waals surface area contributed by atoms with E-state index in [2.05, 4.69) is 4.74 Å². The number of benzene rings is 1. The average Bonchev–Trinajstić information content (AvgIpc) is 2.34. The summed E-state index contributed by atoms with van der Waals surface area (Å²) in [5, 5.41) is -0.0917. The molecule has 0 spiro atoms. The zero-order valence-corrected chi connectivity index (χ0v) is 13.2. The zero-order valence-electron chi connectivity index (χ0n) is 11.6. The third-order valence-corrected chi connectivity index (χ3v) is 3.31. The Labute approximate surface area is 132 Å². The first-order chi connectivity index (χ1) is 9.00. The lowest BCUT2D eigenvalue weighted by atomic mass is 9.80. The number of carbonyl (C=O) groups is 1. The number of nitrogens with two attached hydrogens (primary N) is 1. The predicted molar refractivity (Wildman–Crippen MR) is 76.4 cm³/mol. The van der Waals surface area contributed by atoms with Gasteiger partial charge >= 0.3 is 12.1 Å². The number of hydrogen-bond acceptors (Lipinski definition) is 3. The Hall–Kier alpha value is -0.980. The molecule has 0 aliphatic carbocycles. The van der Waals surface area contributed by atoms with Crippen molar-refractivity contribution < 1.29 is 22.7 Å². The summed E-state index contributed by atoms with van der Waals surface area (Å²) >= 11 is 5.69. The fraction of sp³-hybridized carbons (Fsp3) is 0.462. The Morgan fingerprint density at radius 3 is 2.24 bits per heavy atom. The molecule has 0 saturated carbocycles. The second kappa shape index (κ2) is 6.85. The van der Waals surface area contributed by atoms with Crippen molar-refractivity contribution in [3.05, 3.63) is 34.3 Å². The fourth-order valence-electron chi connectivity index (χ4n) is 1.76. The number of esters is 1. The van der Waals surface area contributed by atoms with Crippen molar-refractivity contribution in [3.63, 3.8) is 0 Å². The molecule has 0 bridgehead atoms. The Bertz CT molecular complexity index is 519. The smallest absolute Gasteiger partial charge is 0.416 e. The minimum absolute atomic E-state index is 0. The number of methoxy groups -OCH3 is 1. The van der Waals surface area contributed by atoms with E-state index in [0.29, 0.717) is 0 Å². The molecule has 3 nitrogen and oxygen atoms in total. The largest absolute Gasteiger partial charge is 0.469 e. The van der Waals surface area contributed by atoms with Gasteiger partial charge in [-0.15, -0.1) is 12.4 Å². The number of carbonyl (C=O) groups excluding carboxylic acids is 1. The van der Waals surface area contributed by atoms with E-state index >= 15 is 0 Å². The van der Waals surface area contributed by atoms with Crippen molar-refractivity contribution in [1.82, 2.24) is 0 Å². The first-order valence-corrected chi connectivity index (χ1v) is 6.09. The normalized spacial score (nSPS) is 13.3. The molecule has 0 unspecified atom stereocenters. The van der Waals surface area contributed by atoms with Gasteiger partial charge in [0.05, 0.1) is 18.1 Å². The van der Waals surface area contributed by atoms with E-state index in [-0.39, 0.29) is 23.0 Å². The van der Waals surface area contributed by atoms with Gasteiger partial charge in [0.15, 0.2) is 0 Å². The van der Waals surface area contributed by atoms with Crippen LogP contribution >= 0.6 is 24.0 Å². The van der Waals surface area contributed by atoms with Crippen LogP contribution in [0.1, 0.15) is 31.0 Å². The molecule has 0 heterocycles. The molecule has 0 aliphatic rings. The Kier molecular flexibility index (Phi) is 6.53. The van der Waals surface area contributed by atoms with Crippen molar-refractivity contribution in [3.8, 4) is 0 Å². The van der Waals surface area contributed by atoms with Crippen LogP contribution in [-0.2, 0) is 15.7 Å².